The minimum atomic E-state index is 0.385. The van der Waals surface area contributed by atoms with Gasteiger partial charge in [-0.1, -0.05) is 23.8 Å². The van der Waals surface area contributed by atoms with Gasteiger partial charge in [-0.05, 0) is 26.0 Å². The van der Waals surface area contributed by atoms with Gasteiger partial charge in [-0.25, -0.2) is 0 Å². The molecule has 2 heterocycles. The maximum atomic E-state index is 6.28. The van der Waals surface area contributed by atoms with Crippen LogP contribution in [0.2, 0.25) is 5.02 Å². The van der Waals surface area contributed by atoms with E-state index in [4.69, 9.17) is 29.6 Å². The molecule has 0 fully saturated rings. The third kappa shape index (κ3) is 2.28. The van der Waals surface area contributed by atoms with E-state index in [1.165, 1.54) is 0 Å². The van der Waals surface area contributed by atoms with Crippen molar-refractivity contribution < 1.29 is 0 Å². The zero-order chi connectivity index (χ0) is 13.3. The lowest BCUT2D eigenvalue weighted by Crippen LogP contribution is -2.17. The van der Waals surface area contributed by atoms with E-state index >= 15 is 0 Å². The molecule has 18 heavy (non-hydrogen) atoms. The second-order valence-corrected chi connectivity index (χ2v) is 4.87. The van der Waals surface area contributed by atoms with Gasteiger partial charge in [0.25, 0.3) is 0 Å². The molecule has 0 saturated carbocycles. The van der Waals surface area contributed by atoms with Gasteiger partial charge < -0.3 is 10.3 Å². The van der Waals surface area contributed by atoms with Gasteiger partial charge in [-0.2, -0.15) is 5.10 Å². The Labute approximate surface area is 116 Å². The average molecular weight is 283 g/mol. The first-order chi connectivity index (χ1) is 8.54. The van der Waals surface area contributed by atoms with E-state index in [0.717, 1.165) is 23.6 Å². The Balaban J connectivity index is 2.39. The highest BCUT2D eigenvalue weighted by Gasteiger charge is 2.14. The number of halogens is 1. The summed E-state index contributed by atoms with van der Waals surface area (Å²) in [6.07, 6.45) is 1.94. The fourth-order valence-electron chi connectivity index (χ4n) is 1.96. The third-order valence-corrected chi connectivity index (χ3v) is 3.56. The molecule has 6 heteroatoms. The largest absolute Gasteiger partial charge is 0.388 e. The van der Waals surface area contributed by atoms with Crippen LogP contribution >= 0.6 is 23.8 Å². The Hall–Kier alpha value is -1.33. The van der Waals surface area contributed by atoms with Crippen molar-refractivity contribution >= 4 is 28.8 Å². The second kappa shape index (κ2) is 5.12. The van der Waals surface area contributed by atoms with E-state index in [0.29, 0.717) is 16.6 Å². The smallest absolute Gasteiger partial charge is 0.120 e. The van der Waals surface area contributed by atoms with Crippen molar-refractivity contribution in [3.8, 4) is 0 Å². The highest BCUT2D eigenvalue weighted by molar-refractivity contribution is 7.80. The molecule has 0 unspecified atom stereocenters. The van der Waals surface area contributed by atoms with Crippen LogP contribution in [0.1, 0.15) is 24.0 Å². The molecule has 0 spiro atoms. The number of nitrogens with zero attached hydrogens (tertiary/aromatic N) is 3. The molecule has 0 saturated heterocycles. The molecule has 0 bridgehead atoms. The Bertz CT molecular complexity index is 585. The van der Waals surface area contributed by atoms with Crippen LogP contribution in [-0.2, 0) is 13.1 Å². The molecule has 96 valence electrons. The van der Waals surface area contributed by atoms with E-state index in [9.17, 15) is 0 Å². The molecule has 2 aromatic heterocycles. The van der Waals surface area contributed by atoms with Crippen molar-refractivity contribution in [1.29, 1.82) is 0 Å². The van der Waals surface area contributed by atoms with Crippen LogP contribution in [0.3, 0.4) is 0 Å². The predicted octanol–water partition coefficient (Wildman–Crippen LogP) is 2.35. The number of thiocarbonyl (C=S) groups is 1. The van der Waals surface area contributed by atoms with Gasteiger partial charge in [0.05, 0.1) is 28.6 Å². The van der Waals surface area contributed by atoms with Gasteiger partial charge in [-0.15, -0.1) is 0 Å². The van der Waals surface area contributed by atoms with E-state index in [1.807, 2.05) is 41.4 Å². The Kier molecular flexibility index (Phi) is 3.73. The van der Waals surface area contributed by atoms with Crippen LogP contribution in [0.4, 0.5) is 0 Å². The SMILES string of the molecule is CCn1nc(C)c(Cl)c1Cn1cccc1C(N)=S. The Morgan fingerprint density at radius 2 is 2.28 bits per heavy atom. The lowest BCUT2D eigenvalue weighted by atomic mass is 10.3. The summed E-state index contributed by atoms with van der Waals surface area (Å²) in [6, 6.07) is 3.82. The molecule has 4 nitrogen and oxygen atoms in total. The van der Waals surface area contributed by atoms with Crippen molar-refractivity contribution in [2.75, 3.05) is 0 Å². The van der Waals surface area contributed by atoms with Gasteiger partial charge in [0.1, 0.15) is 4.99 Å². The summed E-state index contributed by atoms with van der Waals surface area (Å²) in [7, 11) is 0. The average Bonchev–Trinajstić information content (AvgIpc) is 2.89. The highest BCUT2D eigenvalue weighted by Crippen LogP contribution is 2.21. The van der Waals surface area contributed by atoms with Crippen molar-refractivity contribution in [2.45, 2.75) is 26.9 Å². The standard InChI is InChI=1S/C12H15ClN4S/c1-3-17-10(11(13)8(2)15-17)7-16-6-4-5-9(16)12(14)18/h4-6H,3,7H2,1-2H3,(H2,14,18). The highest BCUT2D eigenvalue weighted by atomic mass is 35.5. The van der Waals surface area contributed by atoms with Crippen LogP contribution in [0.15, 0.2) is 18.3 Å². The van der Waals surface area contributed by atoms with Crippen LogP contribution in [0, 0.1) is 6.92 Å². The minimum Gasteiger partial charge on any atom is -0.388 e. The molecule has 0 aliphatic carbocycles. The maximum absolute atomic E-state index is 6.28. The summed E-state index contributed by atoms with van der Waals surface area (Å²) in [6.45, 7) is 5.35. The third-order valence-electron chi connectivity index (χ3n) is 2.85. The second-order valence-electron chi connectivity index (χ2n) is 4.05. The summed E-state index contributed by atoms with van der Waals surface area (Å²) in [5.41, 5.74) is 8.34. The van der Waals surface area contributed by atoms with Crippen molar-refractivity contribution in [2.24, 2.45) is 5.73 Å². The summed E-state index contributed by atoms with van der Waals surface area (Å²) < 4.78 is 3.89. The van der Waals surface area contributed by atoms with Gasteiger partial charge in [0.2, 0.25) is 0 Å². The van der Waals surface area contributed by atoms with Crippen molar-refractivity contribution in [1.82, 2.24) is 14.3 Å². The lowest BCUT2D eigenvalue weighted by molar-refractivity contribution is 0.597. The monoisotopic (exact) mass is 282 g/mol. The van der Waals surface area contributed by atoms with Crippen molar-refractivity contribution in [3.05, 3.63) is 40.4 Å². The fraction of sp³-hybridized carbons (Fsp3) is 0.333. The summed E-state index contributed by atoms with van der Waals surface area (Å²) >= 11 is 11.3. The summed E-state index contributed by atoms with van der Waals surface area (Å²) in [5.74, 6) is 0. The predicted molar refractivity (Wildman–Crippen MR) is 77.1 cm³/mol. The van der Waals surface area contributed by atoms with Gasteiger partial charge in [0, 0.05) is 12.7 Å². The van der Waals surface area contributed by atoms with Crippen LogP contribution < -0.4 is 5.73 Å². The van der Waals surface area contributed by atoms with Crippen molar-refractivity contribution in [3.63, 3.8) is 0 Å². The van der Waals surface area contributed by atoms with Crippen LogP contribution in [0.5, 0.6) is 0 Å². The zero-order valence-electron chi connectivity index (χ0n) is 10.4. The fourth-order valence-corrected chi connectivity index (χ4v) is 2.34. The number of nitrogens with two attached hydrogens (primary N) is 1. The Morgan fingerprint density at radius 3 is 2.89 bits per heavy atom. The number of hydrogen-bond donors (Lipinski definition) is 1. The van der Waals surface area contributed by atoms with Gasteiger partial charge in [0.15, 0.2) is 0 Å². The number of rotatable bonds is 4. The molecule has 2 N–H and O–H groups in total. The lowest BCUT2D eigenvalue weighted by Gasteiger charge is -2.10. The summed E-state index contributed by atoms with van der Waals surface area (Å²) in [5, 5.41) is 5.10. The van der Waals surface area contributed by atoms with Crippen LogP contribution in [-0.4, -0.2) is 19.3 Å². The first kappa shape index (κ1) is 13.1. The molecule has 0 aromatic carbocycles. The first-order valence-electron chi connectivity index (χ1n) is 5.71. The molecule has 0 aliphatic rings. The van der Waals surface area contributed by atoms with Gasteiger partial charge >= 0.3 is 0 Å². The van der Waals surface area contributed by atoms with E-state index in [-0.39, 0.29) is 0 Å². The molecule has 2 rings (SSSR count). The molecule has 0 radical (unpaired) electrons. The molecule has 2 aromatic rings. The number of hydrogen-bond acceptors (Lipinski definition) is 2. The molecule has 0 aliphatic heterocycles. The van der Waals surface area contributed by atoms with E-state index < -0.39 is 0 Å². The van der Waals surface area contributed by atoms with E-state index in [1.54, 1.807) is 0 Å². The normalized spacial score (nSPS) is 10.8. The Morgan fingerprint density at radius 1 is 1.56 bits per heavy atom. The molecule has 0 amide bonds. The molecular weight excluding hydrogens is 268 g/mol. The minimum absolute atomic E-state index is 0.385. The first-order valence-corrected chi connectivity index (χ1v) is 6.50. The topological polar surface area (TPSA) is 48.8 Å². The summed E-state index contributed by atoms with van der Waals surface area (Å²) in [4.78, 5) is 0.385. The number of aromatic nitrogens is 3. The number of aryl methyl sites for hydroxylation is 2. The zero-order valence-corrected chi connectivity index (χ0v) is 11.9. The molecule has 0 atom stereocenters. The van der Waals surface area contributed by atoms with E-state index in [2.05, 4.69) is 5.10 Å². The maximum Gasteiger partial charge on any atom is 0.120 e. The van der Waals surface area contributed by atoms with Crippen LogP contribution in [0.25, 0.3) is 0 Å². The quantitative estimate of drug-likeness (QED) is 0.876. The molecular formula is C12H15ClN4S. The van der Waals surface area contributed by atoms with Gasteiger partial charge in [-0.3, -0.25) is 4.68 Å².